The first-order valence-electron chi connectivity index (χ1n) is 11.2. The van der Waals surface area contributed by atoms with E-state index in [0.717, 1.165) is 64.2 Å². The van der Waals surface area contributed by atoms with Crippen LogP contribution in [0.15, 0.2) is 29.3 Å². The van der Waals surface area contributed by atoms with Gasteiger partial charge in [-0.05, 0) is 49.3 Å². The van der Waals surface area contributed by atoms with Crippen molar-refractivity contribution in [1.29, 1.82) is 0 Å². The number of hydrogen-bond donors (Lipinski definition) is 2. The molecule has 2 aliphatic heterocycles. The lowest BCUT2D eigenvalue weighted by Crippen LogP contribution is -2.37. The molecular formula is C23H39IN4O2. The second kappa shape index (κ2) is 14.1. The molecule has 0 saturated carbocycles. The fraction of sp³-hybridized carbons (Fsp3) is 0.696. The summed E-state index contributed by atoms with van der Waals surface area (Å²) in [5, 5.41) is 6.76. The molecule has 7 heteroatoms. The van der Waals surface area contributed by atoms with Crippen molar-refractivity contribution in [2.24, 2.45) is 16.8 Å². The van der Waals surface area contributed by atoms with E-state index in [4.69, 9.17) is 9.47 Å². The molecule has 2 aliphatic rings. The molecule has 30 heavy (non-hydrogen) atoms. The van der Waals surface area contributed by atoms with Gasteiger partial charge in [0.05, 0.1) is 13.2 Å². The Balaban J connectivity index is 0.00000320. The zero-order valence-corrected chi connectivity index (χ0v) is 20.9. The Morgan fingerprint density at radius 1 is 1.17 bits per heavy atom. The minimum Gasteiger partial charge on any atom is -0.381 e. The third kappa shape index (κ3) is 8.59. The zero-order chi connectivity index (χ0) is 20.3. The number of anilines is 1. The number of nitrogens with zero attached hydrogens (tertiary/aromatic N) is 2. The lowest BCUT2D eigenvalue weighted by molar-refractivity contribution is 0.0888. The van der Waals surface area contributed by atoms with E-state index in [-0.39, 0.29) is 24.0 Å². The van der Waals surface area contributed by atoms with E-state index in [0.29, 0.717) is 5.92 Å². The van der Waals surface area contributed by atoms with Gasteiger partial charge in [-0.25, -0.2) is 0 Å². The van der Waals surface area contributed by atoms with E-state index in [1.54, 1.807) is 0 Å². The van der Waals surface area contributed by atoms with Crippen LogP contribution in [0.2, 0.25) is 0 Å². The zero-order valence-electron chi connectivity index (χ0n) is 18.6. The topological polar surface area (TPSA) is 58.1 Å². The van der Waals surface area contributed by atoms with E-state index in [9.17, 15) is 0 Å². The van der Waals surface area contributed by atoms with Crippen molar-refractivity contribution >= 4 is 35.6 Å². The van der Waals surface area contributed by atoms with Crippen LogP contribution in [0.1, 0.15) is 38.2 Å². The highest BCUT2D eigenvalue weighted by Crippen LogP contribution is 2.23. The SMILES string of the molecule is CN=C(NCCCOCC1CCOC1)NCc1ccc(N2CCC(C)CC2)cc1.I. The van der Waals surface area contributed by atoms with Crippen molar-refractivity contribution in [3.8, 4) is 0 Å². The van der Waals surface area contributed by atoms with Crippen LogP contribution < -0.4 is 15.5 Å². The standard InChI is InChI=1S/C23H38N4O2.HI/c1-19-8-12-27(13-9-19)22-6-4-20(5-7-22)16-26-23(24-2)25-11-3-14-28-17-21-10-15-29-18-21;/h4-7,19,21H,3,8-18H2,1-2H3,(H2,24,25,26);1H. The maximum Gasteiger partial charge on any atom is 0.191 e. The van der Waals surface area contributed by atoms with Crippen molar-refractivity contribution in [1.82, 2.24) is 10.6 Å². The highest BCUT2D eigenvalue weighted by molar-refractivity contribution is 14.0. The quantitative estimate of drug-likeness (QED) is 0.221. The number of halogens is 1. The Hall–Kier alpha value is -1.06. The number of ether oxygens (including phenoxy) is 2. The van der Waals surface area contributed by atoms with E-state index >= 15 is 0 Å². The predicted octanol–water partition coefficient (Wildman–Crippen LogP) is 3.65. The van der Waals surface area contributed by atoms with Crippen molar-refractivity contribution in [3.63, 3.8) is 0 Å². The smallest absolute Gasteiger partial charge is 0.191 e. The summed E-state index contributed by atoms with van der Waals surface area (Å²) in [5.41, 5.74) is 2.61. The monoisotopic (exact) mass is 530 g/mol. The summed E-state index contributed by atoms with van der Waals surface area (Å²) in [6.07, 6.45) is 4.70. The molecule has 170 valence electrons. The van der Waals surface area contributed by atoms with Crippen LogP contribution in [-0.4, -0.2) is 59.1 Å². The Labute approximate surface area is 199 Å². The average Bonchev–Trinajstić information content (AvgIpc) is 3.27. The predicted molar refractivity (Wildman–Crippen MR) is 135 cm³/mol. The molecule has 2 N–H and O–H groups in total. The number of guanidine groups is 1. The normalized spacial score (nSPS) is 20.1. The Kier molecular flexibility index (Phi) is 11.8. The molecule has 0 aliphatic carbocycles. The van der Waals surface area contributed by atoms with Gasteiger partial charge in [0.15, 0.2) is 5.96 Å². The maximum atomic E-state index is 5.75. The van der Waals surface area contributed by atoms with Gasteiger partial charge in [0, 0.05) is 58.0 Å². The molecule has 0 amide bonds. The first kappa shape index (κ1) is 25.2. The molecule has 2 saturated heterocycles. The van der Waals surface area contributed by atoms with Gasteiger partial charge < -0.3 is 25.0 Å². The lowest BCUT2D eigenvalue weighted by atomic mass is 9.99. The fourth-order valence-electron chi connectivity index (χ4n) is 3.84. The van der Waals surface area contributed by atoms with Crippen LogP contribution in [0.5, 0.6) is 0 Å². The molecule has 1 unspecified atom stereocenters. The average molecular weight is 530 g/mol. The second-order valence-electron chi connectivity index (χ2n) is 8.35. The third-order valence-corrected chi connectivity index (χ3v) is 5.90. The number of aliphatic imine (C=N–C) groups is 1. The summed E-state index contributed by atoms with van der Waals surface area (Å²) in [5.74, 6) is 2.29. The van der Waals surface area contributed by atoms with Crippen molar-refractivity contribution in [3.05, 3.63) is 29.8 Å². The molecule has 6 nitrogen and oxygen atoms in total. The third-order valence-electron chi connectivity index (χ3n) is 5.90. The van der Waals surface area contributed by atoms with Gasteiger partial charge in [0.25, 0.3) is 0 Å². The molecule has 0 spiro atoms. The van der Waals surface area contributed by atoms with E-state index < -0.39 is 0 Å². The van der Waals surface area contributed by atoms with Gasteiger partial charge in [-0.3, -0.25) is 4.99 Å². The van der Waals surface area contributed by atoms with Gasteiger partial charge in [0.1, 0.15) is 0 Å². The van der Waals surface area contributed by atoms with Crippen LogP contribution in [0, 0.1) is 11.8 Å². The maximum absolute atomic E-state index is 5.75. The van der Waals surface area contributed by atoms with E-state index in [1.807, 2.05) is 7.05 Å². The van der Waals surface area contributed by atoms with Gasteiger partial charge in [-0.15, -0.1) is 24.0 Å². The van der Waals surface area contributed by atoms with Crippen LogP contribution in [-0.2, 0) is 16.0 Å². The van der Waals surface area contributed by atoms with E-state index in [1.165, 1.54) is 37.2 Å². The Morgan fingerprint density at radius 3 is 2.60 bits per heavy atom. The number of rotatable bonds is 9. The van der Waals surface area contributed by atoms with Crippen LogP contribution in [0.3, 0.4) is 0 Å². The summed E-state index contributed by atoms with van der Waals surface area (Å²) < 4.78 is 11.1. The highest BCUT2D eigenvalue weighted by atomic mass is 127. The molecule has 0 radical (unpaired) electrons. The molecule has 2 heterocycles. The van der Waals surface area contributed by atoms with Gasteiger partial charge in [0.2, 0.25) is 0 Å². The first-order valence-corrected chi connectivity index (χ1v) is 11.2. The summed E-state index contributed by atoms with van der Waals surface area (Å²) in [7, 11) is 1.81. The molecule has 0 bridgehead atoms. The van der Waals surface area contributed by atoms with Crippen molar-refractivity contribution in [2.75, 3.05) is 58.0 Å². The lowest BCUT2D eigenvalue weighted by Gasteiger charge is -2.32. The summed E-state index contributed by atoms with van der Waals surface area (Å²) in [6.45, 7) is 9.66. The minimum atomic E-state index is 0. The summed E-state index contributed by atoms with van der Waals surface area (Å²) in [4.78, 5) is 6.81. The molecule has 1 aromatic carbocycles. The molecule has 1 aromatic rings. The van der Waals surface area contributed by atoms with Crippen molar-refractivity contribution in [2.45, 2.75) is 39.2 Å². The Morgan fingerprint density at radius 2 is 1.93 bits per heavy atom. The number of piperidine rings is 1. The fourth-order valence-corrected chi connectivity index (χ4v) is 3.84. The number of hydrogen-bond acceptors (Lipinski definition) is 4. The number of benzene rings is 1. The molecule has 1 atom stereocenters. The van der Waals surface area contributed by atoms with Crippen molar-refractivity contribution < 1.29 is 9.47 Å². The highest BCUT2D eigenvalue weighted by Gasteiger charge is 2.16. The van der Waals surface area contributed by atoms with E-state index in [2.05, 4.69) is 51.7 Å². The van der Waals surface area contributed by atoms with Gasteiger partial charge >= 0.3 is 0 Å². The van der Waals surface area contributed by atoms with Gasteiger partial charge in [-0.2, -0.15) is 0 Å². The van der Waals surface area contributed by atoms with Crippen LogP contribution >= 0.6 is 24.0 Å². The molecule has 0 aromatic heterocycles. The molecule has 2 fully saturated rings. The van der Waals surface area contributed by atoms with Gasteiger partial charge in [-0.1, -0.05) is 19.1 Å². The summed E-state index contributed by atoms with van der Waals surface area (Å²) in [6, 6.07) is 8.92. The first-order chi connectivity index (χ1) is 14.2. The van der Waals surface area contributed by atoms with Crippen LogP contribution in [0.25, 0.3) is 0 Å². The minimum absolute atomic E-state index is 0. The van der Waals surface area contributed by atoms with Crippen LogP contribution in [0.4, 0.5) is 5.69 Å². The summed E-state index contributed by atoms with van der Waals surface area (Å²) >= 11 is 0. The Bertz CT molecular complexity index is 612. The molecular weight excluding hydrogens is 491 g/mol. The second-order valence-corrected chi connectivity index (χ2v) is 8.35. The largest absolute Gasteiger partial charge is 0.381 e. The number of nitrogens with one attached hydrogen (secondary N) is 2. The molecule has 3 rings (SSSR count).